The smallest absolute Gasteiger partial charge is 0.286 e. The van der Waals surface area contributed by atoms with Gasteiger partial charge >= 0.3 is 0 Å². The Hall–Kier alpha value is -3.33. The van der Waals surface area contributed by atoms with E-state index in [9.17, 15) is 14.9 Å². The van der Waals surface area contributed by atoms with Crippen LogP contribution in [0, 0.1) is 10.1 Å². The molecule has 29 heavy (non-hydrogen) atoms. The van der Waals surface area contributed by atoms with Crippen LogP contribution in [0.5, 0.6) is 17.2 Å². The fourth-order valence-corrected chi connectivity index (χ4v) is 2.70. The van der Waals surface area contributed by atoms with Gasteiger partial charge in [-0.3, -0.25) is 14.9 Å². The summed E-state index contributed by atoms with van der Waals surface area (Å²) in [5, 5.41) is 11.6. The lowest BCUT2D eigenvalue weighted by atomic mass is 10.1. The molecule has 0 bridgehead atoms. The first-order valence-corrected chi connectivity index (χ1v) is 8.77. The molecule has 0 saturated carbocycles. The van der Waals surface area contributed by atoms with E-state index >= 15 is 0 Å². The molecule has 0 N–H and O–H groups in total. The van der Waals surface area contributed by atoms with E-state index < -0.39 is 10.8 Å². The monoisotopic (exact) mass is 404 g/mol. The molecule has 0 aliphatic rings. The Kier molecular flexibility index (Phi) is 7.79. The fourth-order valence-electron chi connectivity index (χ4n) is 2.70. The molecule has 0 spiro atoms. The van der Waals surface area contributed by atoms with Crippen LogP contribution < -0.4 is 14.2 Å². The highest BCUT2D eigenvalue weighted by Gasteiger charge is 2.27. The Bertz CT molecular complexity index is 870. The third kappa shape index (κ3) is 5.58. The van der Waals surface area contributed by atoms with Crippen LogP contribution in [-0.4, -0.2) is 57.3 Å². The molecular weight excluding hydrogens is 380 g/mol. The van der Waals surface area contributed by atoms with E-state index in [4.69, 9.17) is 18.9 Å². The van der Waals surface area contributed by atoms with Crippen molar-refractivity contribution in [1.82, 2.24) is 4.90 Å². The number of rotatable bonds is 10. The Morgan fingerprint density at radius 2 is 1.83 bits per heavy atom. The Morgan fingerprint density at radius 3 is 2.45 bits per heavy atom. The number of hydrogen-bond donors (Lipinski definition) is 0. The minimum Gasteiger partial charge on any atom is -0.497 e. The number of ether oxygens (including phenoxy) is 4. The summed E-state index contributed by atoms with van der Waals surface area (Å²) in [6.07, 6.45) is 0. The lowest BCUT2D eigenvalue weighted by Gasteiger charge is -2.19. The molecule has 0 saturated heterocycles. The van der Waals surface area contributed by atoms with Crippen LogP contribution in [0.25, 0.3) is 0 Å². The molecule has 1 amide bonds. The van der Waals surface area contributed by atoms with Gasteiger partial charge in [0.2, 0.25) is 0 Å². The Morgan fingerprint density at radius 1 is 1.07 bits per heavy atom. The second-order valence-corrected chi connectivity index (χ2v) is 6.13. The van der Waals surface area contributed by atoms with Crippen molar-refractivity contribution in [2.24, 2.45) is 0 Å². The van der Waals surface area contributed by atoms with Gasteiger partial charge in [-0.05, 0) is 17.7 Å². The number of amides is 1. The van der Waals surface area contributed by atoms with Crippen LogP contribution in [0.3, 0.4) is 0 Å². The van der Waals surface area contributed by atoms with Gasteiger partial charge in [0, 0.05) is 26.8 Å². The van der Waals surface area contributed by atoms with Crippen LogP contribution in [-0.2, 0) is 11.3 Å². The van der Waals surface area contributed by atoms with E-state index in [-0.39, 0.29) is 35.9 Å². The van der Waals surface area contributed by atoms with Crippen molar-refractivity contribution in [1.29, 1.82) is 0 Å². The maximum atomic E-state index is 12.9. The van der Waals surface area contributed by atoms with E-state index in [0.717, 1.165) is 5.56 Å². The minimum atomic E-state index is -0.616. The Labute approximate surface area is 168 Å². The van der Waals surface area contributed by atoms with Crippen LogP contribution >= 0.6 is 0 Å². The number of carbonyl (C=O) groups is 1. The number of nitro groups is 1. The highest BCUT2D eigenvalue weighted by Crippen LogP contribution is 2.35. The van der Waals surface area contributed by atoms with Crippen molar-refractivity contribution < 1.29 is 28.7 Å². The number of carbonyl (C=O) groups excluding carboxylic acids is 1. The van der Waals surface area contributed by atoms with Crippen molar-refractivity contribution >= 4 is 11.6 Å². The van der Waals surface area contributed by atoms with Crippen LogP contribution in [0.1, 0.15) is 15.9 Å². The van der Waals surface area contributed by atoms with E-state index in [0.29, 0.717) is 12.4 Å². The maximum absolute atomic E-state index is 12.9. The summed E-state index contributed by atoms with van der Waals surface area (Å²) in [4.78, 5) is 25.3. The van der Waals surface area contributed by atoms with Gasteiger partial charge < -0.3 is 23.8 Å². The third-order valence-electron chi connectivity index (χ3n) is 4.15. The average Bonchev–Trinajstić information content (AvgIpc) is 2.72. The first-order valence-electron chi connectivity index (χ1n) is 8.77. The second-order valence-electron chi connectivity index (χ2n) is 6.13. The summed E-state index contributed by atoms with van der Waals surface area (Å²) in [7, 11) is 6.04. The molecule has 0 aliphatic carbocycles. The molecule has 9 nitrogen and oxygen atoms in total. The number of methoxy groups -OCH3 is 3. The van der Waals surface area contributed by atoms with Crippen LogP contribution in [0.15, 0.2) is 36.4 Å². The molecule has 0 atom stereocenters. The summed E-state index contributed by atoms with van der Waals surface area (Å²) in [6.45, 7) is 0.746. The molecule has 0 aliphatic heterocycles. The van der Waals surface area contributed by atoms with Gasteiger partial charge in [0.25, 0.3) is 11.6 Å². The topological polar surface area (TPSA) is 100 Å². The third-order valence-corrected chi connectivity index (χ3v) is 4.15. The summed E-state index contributed by atoms with van der Waals surface area (Å²) in [5.74, 6) is 0.544. The molecule has 0 fully saturated rings. The van der Waals surface area contributed by atoms with E-state index in [1.54, 1.807) is 26.3 Å². The van der Waals surface area contributed by atoms with Gasteiger partial charge in [0.05, 0.1) is 31.8 Å². The zero-order chi connectivity index (χ0) is 21.4. The van der Waals surface area contributed by atoms with E-state index in [2.05, 4.69) is 0 Å². The van der Waals surface area contributed by atoms with Crippen molar-refractivity contribution in [2.75, 3.05) is 41.6 Å². The van der Waals surface area contributed by atoms with Gasteiger partial charge in [-0.2, -0.15) is 0 Å². The van der Waals surface area contributed by atoms with E-state index in [1.807, 2.05) is 12.1 Å². The first-order chi connectivity index (χ1) is 13.9. The SMILES string of the molecule is COCCOc1cc([N+](=O)[O-])c(C(=O)N(C)Cc2cccc(OC)c2)cc1OC. The van der Waals surface area contributed by atoms with Gasteiger partial charge in [-0.25, -0.2) is 0 Å². The normalized spacial score (nSPS) is 10.3. The molecule has 2 rings (SSSR count). The van der Waals surface area contributed by atoms with Crippen molar-refractivity contribution in [3.05, 3.63) is 57.6 Å². The van der Waals surface area contributed by atoms with Crippen LogP contribution in [0.2, 0.25) is 0 Å². The Balaban J connectivity index is 2.32. The predicted molar refractivity (Wildman–Crippen MR) is 106 cm³/mol. The second kappa shape index (κ2) is 10.3. The highest BCUT2D eigenvalue weighted by molar-refractivity contribution is 5.99. The molecule has 0 heterocycles. The van der Waals surface area contributed by atoms with Crippen molar-refractivity contribution in [2.45, 2.75) is 6.54 Å². The van der Waals surface area contributed by atoms with Crippen LogP contribution in [0.4, 0.5) is 5.69 Å². The molecule has 0 unspecified atom stereocenters. The molecule has 0 radical (unpaired) electrons. The first kappa shape index (κ1) is 22.0. The average molecular weight is 404 g/mol. The molecule has 0 aromatic heterocycles. The number of benzene rings is 2. The minimum absolute atomic E-state index is 0.0867. The van der Waals surface area contributed by atoms with Gasteiger partial charge in [0.1, 0.15) is 17.9 Å². The standard InChI is InChI=1S/C20H24N2O7/c1-21(13-14-6-5-7-15(10-14)27-3)20(23)16-11-18(28-4)19(29-9-8-26-2)12-17(16)22(24)25/h5-7,10-12H,8-9,13H2,1-4H3. The summed E-state index contributed by atoms with van der Waals surface area (Å²) in [6, 6.07) is 9.76. The number of nitro benzene ring substituents is 1. The highest BCUT2D eigenvalue weighted by atomic mass is 16.6. The lowest BCUT2D eigenvalue weighted by molar-refractivity contribution is -0.385. The molecule has 9 heteroatoms. The summed E-state index contributed by atoms with van der Waals surface area (Å²) in [5.41, 5.74) is 0.381. The molecule has 156 valence electrons. The zero-order valence-electron chi connectivity index (χ0n) is 16.8. The molecule has 2 aromatic carbocycles. The van der Waals surface area contributed by atoms with Gasteiger partial charge in [-0.1, -0.05) is 12.1 Å². The predicted octanol–water partition coefficient (Wildman–Crippen LogP) is 2.91. The lowest BCUT2D eigenvalue weighted by Crippen LogP contribution is -2.27. The zero-order valence-corrected chi connectivity index (χ0v) is 16.8. The quantitative estimate of drug-likeness (QED) is 0.341. The van der Waals surface area contributed by atoms with E-state index in [1.165, 1.54) is 31.3 Å². The number of hydrogen-bond acceptors (Lipinski definition) is 7. The summed E-state index contributed by atoms with van der Waals surface area (Å²) < 4.78 is 20.8. The molecule has 2 aromatic rings. The van der Waals surface area contributed by atoms with Crippen molar-refractivity contribution in [3.8, 4) is 17.2 Å². The van der Waals surface area contributed by atoms with Crippen molar-refractivity contribution in [3.63, 3.8) is 0 Å². The fraction of sp³-hybridized carbons (Fsp3) is 0.350. The van der Waals surface area contributed by atoms with Gasteiger partial charge in [-0.15, -0.1) is 0 Å². The number of nitrogens with zero attached hydrogens (tertiary/aromatic N) is 2. The summed E-state index contributed by atoms with van der Waals surface area (Å²) >= 11 is 0. The largest absolute Gasteiger partial charge is 0.497 e. The molecular formula is C20H24N2O7. The van der Waals surface area contributed by atoms with Gasteiger partial charge in [0.15, 0.2) is 11.5 Å². The maximum Gasteiger partial charge on any atom is 0.286 e.